The molecule has 142 valence electrons. The summed E-state index contributed by atoms with van der Waals surface area (Å²) >= 11 is 0. The average molecular weight is 379 g/mol. The molecule has 2 aromatic carbocycles. The molecule has 0 bridgehead atoms. The van der Waals surface area contributed by atoms with Crippen LogP contribution in [0, 0.1) is 18.2 Å². The third-order valence-corrected chi connectivity index (χ3v) is 3.71. The minimum atomic E-state index is -4.41. The molecule has 0 spiro atoms. The van der Waals surface area contributed by atoms with E-state index in [1.807, 2.05) is 0 Å². The van der Waals surface area contributed by atoms with Crippen LogP contribution in [0.25, 0.3) is 0 Å². The number of terminal acetylenes is 1. The smallest absolute Gasteiger partial charge is 0.395 e. The Labute approximate surface area is 153 Å². The maximum atomic E-state index is 14.4. The Morgan fingerprint density at radius 2 is 1.74 bits per heavy atom. The van der Waals surface area contributed by atoms with E-state index in [0.717, 1.165) is 12.1 Å². The predicted octanol–water partition coefficient (Wildman–Crippen LogP) is 4.39. The highest BCUT2D eigenvalue weighted by molar-refractivity contribution is 5.94. The van der Waals surface area contributed by atoms with Crippen LogP contribution in [0.1, 0.15) is 24.0 Å². The molecule has 2 aromatic rings. The van der Waals surface area contributed by atoms with E-state index >= 15 is 0 Å². The number of anilines is 3. The minimum absolute atomic E-state index is 0.0639. The van der Waals surface area contributed by atoms with Crippen molar-refractivity contribution in [1.29, 1.82) is 0 Å². The summed E-state index contributed by atoms with van der Waals surface area (Å²) in [6.07, 6.45) is 1.01. The Kier molecular flexibility index (Phi) is 6.29. The van der Waals surface area contributed by atoms with E-state index in [2.05, 4.69) is 16.6 Å². The van der Waals surface area contributed by atoms with Crippen LogP contribution in [0.4, 0.5) is 34.6 Å². The first-order valence-electron chi connectivity index (χ1n) is 7.93. The van der Waals surface area contributed by atoms with Gasteiger partial charge < -0.3 is 16.4 Å². The molecule has 0 saturated heterocycles. The average Bonchev–Trinajstić information content (AvgIpc) is 2.63. The zero-order valence-electron chi connectivity index (χ0n) is 14.2. The van der Waals surface area contributed by atoms with Crippen molar-refractivity contribution in [1.82, 2.24) is 0 Å². The van der Waals surface area contributed by atoms with Crippen LogP contribution in [-0.2, 0) is 17.5 Å². The number of rotatable bonds is 6. The van der Waals surface area contributed by atoms with Gasteiger partial charge >= 0.3 is 6.18 Å². The number of halogens is 4. The fourth-order valence-corrected chi connectivity index (χ4v) is 2.25. The molecule has 0 aliphatic rings. The van der Waals surface area contributed by atoms with Gasteiger partial charge in [0.25, 0.3) is 0 Å². The summed E-state index contributed by atoms with van der Waals surface area (Å²) in [5, 5.41) is 5.24. The summed E-state index contributed by atoms with van der Waals surface area (Å²) in [6.45, 7) is 0.0996. The molecule has 4 nitrogen and oxygen atoms in total. The second-order valence-corrected chi connectivity index (χ2v) is 5.69. The molecule has 2 rings (SSSR count). The number of amides is 1. The van der Waals surface area contributed by atoms with Gasteiger partial charge in [0.2, 0.25) is 5.91 Å². The third-order valence-electron chi connectivity index (χ3n) is 3.71. The molecule has 0 radical (unpaired) electrons. The number of nitrogens with two attached hydrogens (primary N) is 1. The van der Waals surface area contributed by atoms with E-state index in [-0.39, 0.29) is 42.4 Å². The van der Waals surface area contributed by atoms with Gasteiger partial charge in [0.1, 0.15) is 0 Å². The van der Waals surface area contributed by atoms with Crippen LogP contribution < -0.4 is 16.4 Å². The Morgan fingerprint density at radius 3 is 2.33 bits per heavy atom. The quantitative estimate of drug-likeness (QED) is 0.396. The predicted molar refractivity (Wildman–Crippen MR) is 96.3 cm³/mol. The Balaban J connectivity index is 2.04. The van der Waals surface area contributed by atoms with Crippen LogP contribution in [0.2, 0.25) is 0 Å². The maximum Gasteiger partial charge on any atom is 0.416 e. The van der Waals surface area contributed by atoms with Crippen molar-refractivity contribution in [2.75, 3.05) is 16.4 Å². The zero-order valence-corrected chi connectivity index (χ0v) is 14.2. The number of hydrogen-bond donors (Lipinski definition) is 3. The summed E-state index contributed by atoms with van der Waals surface area (Å²) < 4.78 is 52.0. The molecule has 1 amide bonds. The molecule has 0 aliphatic heterocycles. The highest BCUT2D eigenvalue weighted by atomic mass is 19.4. The number of alkyl halides is 3. The first-order chi connectivity index (χ1) is 12.7. The summed E-state index contributed by atoms with van der Waals surface area (Å²) in [4.78, 5) is 11.6. The van der Waals surface area contributed by atoms with Crippen LogP contribution in [0.5, 0.6) is 0 Å². The summed E-state index contributed by atoms with van der Waals surface area (Å²) in [5.74, 6) is 1.17. The molecule has 27 heavy (non-hydrogen) atoms. The topological polar surface area (TPSA) is 67.2 Å². The van der Waals surface area contributed by atoms with Gasteiger partial charge in [-0.05, 0) is 29.8 Å². The van der Waals surface area contributed by atoms with Gasteiger partial charge in [-0.1, -0.05) is 12.1 Å². The lowest BCUT2D eigenvalue weighted by molar-refractivity contribution is -0.137. The fourth-order valence-electron chi connectivity index (χ4n) is 2.25. The van der Waals surface area contributed by atoms with E-state index < -0.39 is 17.6 Å². The molecule has 0 unspecified atom stereocenters. The first kappa shape index (κ1) is 20.1. The van der Waals surface area contributed by atoms with E-state index in [0.29, 0.717) is 5.56 Å². The minimum Gasteiger partial charge on any atom is -0.395 e. The number of carbonyl (C=O) groups excluding carboxylic acids is 1. The van der Waals surface area contributed by atoms with Crippen LogP contribution >= 0.6 is 0 Å². The van der Waals surface area contributed by atoms with Crippen LogP contribution in [-0.4, -0.2) is 5.91 Å². The van der Waals surface area contributed by atoms with Gasteiger partial charge in [-0.15, -0.1) is 12.3 Å². The first-order valence-corrected chi connectivity index (χ1v) is 7.93. The van der Waals surface area contributed by atoms with Crippen molar-refractivity contribution >= 4 is 23.0 Å². The Morgan fingerprint density at radius 1 is 1.11 bits per heavy atom. The van der Waals surface area contributed by atoms with Crippen LogP contribution in [0.3, 0.4) is 0 Å². The lowest BCUT2D eigenvalue weighted by atomic mass is 10.1. The Bertz CT molecular complexity index is 855. The van der Waals surface area contributed by atoms with Crippen molar-refractivity contribution < 1.29 is 22.4 Å². The van der Waals surface area contributed by atoms with Crippen molar-refractivity contribution in [3.63, 3.8) is 0 Å². The highest BCUT2D eigenvalue weighted by Gasteiger charge is 2.29. The molecule has 4 N–H and O–H groups in total. The molecule has 0 atom stereocenters. The van der Waals surface area contributed by atoms with Gasteiger partial charge in [0, 0.05) is 19.4 Å². The molecular weight excluding hydrogens is 362 g/mol. The number of nitrogen functional groups attached to an aromatic ring is 1. The normalized spacial score (nSPS) is 10.9. The zero-order chi connectivity index (χ0) is 20.0. The van der Waals surface area contributed by atoms with Crippen molar-refractivity contribution in [2.24, 2.45) is 0 Å². The van der Waals surface area contributed by atoms with E-state index in [1.165, 1.54) is 24.3 Å². The van der Waals surface area contributed by atoms with Crippen LogP contribution in [0.15, 0.2) is 36.4 Å². The molecule has 0 aliphatic carbocycles. The van der Waals surface area contributed by atoms with Gasteiger partial charge in [0.15, 0.2) is 5.82 Å². The largest absolute Gasteiger partial charge is 0.416 e. The van der Waals surface area contributed by atoms with Gasteiger partial charge in [-0.25, -0.2) is 4.39 Å². The van der Waals surface area contributed by atoms with E-state index in [9.17, 15) is 22.4 Å². The second-order valence-electron chi connectivity index (χ2n) is 5.69. The molecule has 0 heterocycles. The SMILES string of the molecule is C#CCCC(=O)Nc1ccc(NCc2ccc(C(F)(F)F)cc2)c(F)c1N. The van der Waals surface area contributed by atoms with E-state index in [1.54, 1.807) is 0 Å². The monoisotopic (exact) mass is 379 g/mol. The second kappa shape index (κ2) is 8.45. The molecular formula is C19H17F4N3O. The van der Waals surface area contributed by atoms with Gasteiger partial charge in [-0.3, -0.25) is 4.79 Å². The summed E-state index contributed by atoms with van der Waals surface area (Å²) in [5.41, 5.74) is 5.41. The van der Waals surface area contributed by atoms with Gasteiger partial charge in [-0.2, -0.15) is 13.2 Å². The summed E-state index contributed by atoms with van der Waals surface area (Å²) in [6, 6.07) is 7.33. The molecule has 0 aromatic heterocycles. The highest BCUT2D eigenvalue weighted by Crippen LogP contribution is 2.30. The lowest BCUT2D eigenvalue weighted by Gasteiger charge is -2.13. The lowest BCUT2D eigenvalue weighted by Crippen LogP contribution is -2.13. The number of hydrogen-bond acceptors (Lipinski definition) is 3. The molecule has 0 fully saturated rings. The van der Waals surface area contributed by atoms with Crippen molar-refractivity contribution in [3.05, 3.63) is 53.3 Å². The maximum absolute atomic E-state index is 14.4. The fraction of sp³-hybridized carbons (Fsp3) is 0.211. The molecule has 8 heteroatoms. The number of nitrogens with one attached hydrogen (secondary N) is 2. The van der Waals surface area contributed by atoms with Crippen molar-refractivity contribution in [2.45, 2.75) is 25.6 Å². The Hall–Kier alpha value is -3.21. The number of carbonyl (C=O) groups is 1. The van der Waals surface area contributed by atoms with E-state index in [4.69, 9.17) is 12.2 Å². The number of benzene rings is 2. The van der Waals surface area contributed by atoms with Gasteiger partial charge in [0.05, 0.1) is 22.6 Å². The standard InChI is InChI=1S/C19H17F4N3O/c1-2-3-4-16(27)26-15-10-9-14(17(20)18(15)24)25-11-12-5-7-13(8-6-12)19(21,22)23/h1,5-10,25H,3-4,11,24H2,(H,26,27). The third kappa shape index (κ3) is 5.38. The molecule has 0 saturated carbocycles. The summed E-state index contributed by atoms with van der Waals surface area (Å²) in [7, 11) is 0. The van der Waals surface area contributed by atoms with Crippen molar-refractivity contribution in [3.8, 4) is 12.3 Å².